The number of allylic oxidation sites excluding steroid dienone is 1. The summed E-state index contributed by atoms with van der Waals surface area (Å²) in [5, 5.41) is 0. The average molecular weight is 232 g/mol. The normalized spacial score (nSPS) is 17.5. The Morgan fingerprint density at radius 1 is 1.35 bits per heavy atom. The van der Waals surface area contributed by atoms with Crippen molar-refractivity contribution in [3.05, 3.63) is 35.9 Å². The van der Waals surface area contributed by atoms with Crippen LogP contribution in [0.1, 0.15) is 25.3 Å². The van der Waals surface area contributed by atoms with E-state index in [2.05, 4.69) is 18.2 Å². The van der Waals surface area contributed by atoms with Crippen LogP contribution in [0.25, 0.3) is 6.08 Å². The average Bonchev–Trinajstić information content (AvgIpc) is 2.39. The standard InChI is InChI=1S/C15H20O2/c1-2-4-13-5-3-6-15(11-13)17-12-14-7-9-16-10-8-14/h2-6,11,14H,7-10,12H2,1H3/b4-2+. The van der Waals surface area contributed by atoms with Gasteiger partial charge in [-0.15, -0.1) is 0 Å². The van der Waals surface area contributed by atoms with Crippen LogP contribution in [0.4, 0.5) is 0 Å². The Bertz CT molecular complexity index is 365. The van der Waals surface area contributed by atoms with Gasteiger partial charge >= 0.3 is 0 Å². The minimum atomic E-state index is 0.647. The molecule has 0 atom stereocenters. The molecule has 17 heavy (non-hydrogen) atoms. The molecule has 1 saturated heterocycles. The number of hydrogen-bond donors (Lipinski definition) is 0. The van der Waals surface area contributed by atoms with Crippen LogP contribution >= 0.6 is 0 Å². The molecule has 1 heterocycles. The van der Waals surface area contributed by atoms with Crippen molar-refractivity contribution in [3.63, 3.8) is 0 Å². The van der Waals surface area contributed by atoms with Crippen molar-refractivity contribution in [1.82, 2.24) is 0 Å². The van der Waals surface area contributed by atoms with Crippen LogP contribution in [-0.4, -0.2) is 19.8 Å². The molecule has 0 aromatic heterocycles. The zero-order valence-electron chi connectivity index (χ0n) is 10.4. The Hall–Kier alpha value is -1.28. The SMILES string of the molecule is C/C=C/c1cccc(OCC2CCOCC2)c1. The lowest BCUT2D eigenvalue weighted by atomic mass is 10.0. The van der Waals surface area contributed by atoms with Crippen molar-refractivity contribution in [3.8, 4) is 5.75 Å². The van der Waals surface area contributed by atoms with Gasteiger partial charge in [-0.05, 0) is 43.4 Å². The zero-order valence-corrected chi connectivity index (χ0v) is 10.4. The third-order valence-electron chi connectivity index (χ3n) is 3.04. The van der Waals surface area contributed by atoms with E-state index in [-0.39, 0.29) is 0 Å². The summed E-state index contributed by atoms with van der Waals surface area (Å²) < 4.78 is 11.2. The molecule has 2 rings (SSSR count). The molecule has 0 spiro atoms. The van der Waals surface area contributed by atoms with Crippen molar-refractivity contribution in [2.75, 3.05) is 19.8 Å². The number of hydrogen-bond acceptors (Lipinski definition) is 2. The van der Waals surface area contributed by atoms with Crippen molar-refractivity contribution >= 4 is 6.08 Å². The maximum absolute atomic E-state index is 5.84. The highest BCUT2D eigenvalue weighted by Crippen LogP contribution is 2.19. The first-order valence-corrected chi connectivity index (χ1v) is 6.32. The van der Waals surface area contributed by atoms with Crippen molar-refractivity contribution in [1.29, 1.82) is 0 Å². The summed E-state index contributed by atoms with van der Waals surface area (Å²) in [6, 6.07) is 8.22. The molecule has 1 aliphatic heterocycles. The van der Waals surface area contributed by atoms with Crippen LogP contribution in [-0.2, 0) is 4.74 Å². The van der Waals surface area contributed by atoms with Gasteiger partial charge in [-0.25, -0.2) is 0 Å². The molecule has 1 aromatic carbocycles. The number of benzene rings is 1. The number of rotatable bonds is 4. The van der Waals surface area contributed by atoms with Gasteiger partial charge in [-0.3, -0.25) is 0 Å². The molecule has 0 N–H and O–H groups in total. The molecule has 2 nitrogen and oxygen atoms in total. The first kappa shape index (κ1) is 12.2. The van der Waals surface area contributed by atoms with E-state index >= 15 is 0 Å². The van der Waals surface area contributed by atoms with Crippen LogP contribution < -0.4 is 4.74 Å². The molecule has 2 heteroatoms. The van der Waals surface area contributed by atoms with Gasteiger partial charge in [0.05, 0.1) is 6.61 Å². The van der Waals surface area contributed by atoms with Gasteiger partial charge in [0, 0.05) is 13.2 Å². The van der Waals surface area contributed by atoms with E-state index in [0.29, 0.717) is 5.92 Å². The van der Waals surface area contributed by atoms with Crippen molar-refractivity contribution in [2.24, 2.45) is 5.92 Å². The quantitative estimate of drug-likeness (QED) is 0.790. The molecular weight excluding hydrogens is 212 g/mol. The van der Waals surface area contributed by atoms with E-state index in [1.165, 1.54) is 5.56 Å². The maximum Gasteiger partial charge on any atom is 0.119 e. The van der Waals surface area contributed by atoms with Crippen LogP contribution in [0.15, 0.2) is 30.3 Å². The molecular formula is C15H20O2. The minimum Gasteiger partial charge on any atom is -0.493 e. The van der Waals surface area contributed by atoms with Gasteiger partial charge in [0.1, 0.15) is 5.75 Å². The molecule has 92 valence electrons. The summed E-state index contributed by atoms with van der Waals surface area (Å²) in [7, 11) is 0. The fourth-order valence-electron chi connectivity index (χ4n) is 2.03. The summed E-state index contributed by atoms with van der Waals surface area (Å²) in [6.45, 7) is 4.59. The minimum absolute atomic E-state index is 0.647. The molecule has 1 aromatic rings. The molecule has 0 amide bonds. The summed E-state index contributed by atoms with van der Waals surface area (Å²) >= 11 is 0. The predicted molar refractivity (Wildman–Crippen MR) is 70.2 cm³/mol. The van der Waals surface area contributed by atoms with Gasteiger partial charge < -0.3 is 9.47 Å². The highest BCUT2D eigenvalue weighted by Gasteiger charge is 2.14. The lowest BCUT2D eigenvalue weighted by Gasteiger charge is -2.22. The van der Waals surface area contributed by atoms with Crippen LogP contribution in [0.5, 0.6) is 5.75 Å². The molecule has 0 radical (unpaired) electrons. The molecule has 0 unspecified atom stereocenters. The second-order valence-electron chi connectivity index (χ2n) is 4.44. The van der Waals surface area contributed by atoms with Crippen molar-refractivity contribution in [2.45, 2.75) is 19.8 Å². The van der Waals surface area contributed by atoms with E-state index in [1.54, 1.807) is 0 Å². The zero-order chi connectivity index (χ0) is 11.9. The molecule has 0 aliphatic carbocycles. The fraction of sp³-hybridized carbons (Fsp3) is 0.467. The molecule has 1 aliphatic rings. The lowest BCUT2D eigenvalue weighted by molar-refractivity contribution is 0.0497. The van der Waals surface area contributed by atoms with Gasteiger partial charge in [0.25, 0.3) is 0 Å². The summed E-state index contributed by atoms with van der Waals surface area (Å²) in [5.74, 6) is 1.61. The highest BCUT2D eigenvalue weighted by molar-refractivity contribution is 5.51. The Kier molecular flexibility index (Phi) is 4.63. The van der Waals surface area contributed by atoms with E-state index < -0.39 is 0 Å². The summed E-state index contributed by atoms with van der Waals surface area (Å²) in [4.78, 5) is 0. The van der Waals surface area contributed by atoms with Gasteiger partial charge in [0.2, 0.25) is 0 Å². The van der Waals surface area contributed by atoms with Crippen molar-refractivity contribution < 1.29 is 9.47 Å². The third kappa shape index (κ3) is 3.90. The topological polar surface area (TPSA) is 18.5 Å². The third-order valence-corrected chi connectivity index (χ3v) is 3.04. The first-order valence-electron chi connectivity index (χ1n) is 6.32. The van der Waals surface area contributed by atoms with Crippen LogP contribution in [0.3, 0.4) is 0 Å². The largest absolute Gasteiger partial charge is 0.493 e. The van der Waals surface area contributed by atoms with E-state index in [4.69, 9.17) is 9.47 Å². The molecule has 0 saturated carbocycles. The Morgan fingerprint density at radius 2 is 2.18 bits per heavy atom. The Morgan fingerprint density at radius 3 is 2.94 bits per heavy atom. The second kappa shape index (κ2) is 6.45. The van der Waals surface area contributed by atoms with Gasteiger partial charge in [-0.2, -0.15) is 0 Å². The van der Waals surface area contributed by atoms with E-state index in [9.17, 15) is 0 Å². The summed E-state index contributed by atoms with van der Waals surface area (Å²) in [6.07, 6.45) is 6.36. The van der Waals surface area contributed by atoms with E-state index in [0.717, 1.165) is 38.4 Å². The lowest BCUT2D eigenvalue weighted by Crippen LogP contribution is -2.21. The smallest absolute Gasteiger partial charge is 0.119 e. The fourth-order valence-corrected chi connectivity index (χ4v) is 2.03. The molecule has 1 fully saturated rings. The van der Waals surface area contributed by atoms with Gasteiger partial charge in [0.15, 0.2) is 0 Å². The van der Waals surface area contributed by atoms with Gasteiger partial charge in [-0.1, -0.05) is 24.3 Å². The Balaban J connectivity index is 1.87. The van der Waals surface area contributed by atoms with E-state index in [1.807, 2.05) is 25.1 Å². The monoisotopic (exact) mass is 232 g/mol. The number of ether oxygens (including phenoxy) is 2. The summed E-state index contributed by atoms with van der Waals surface area (Å²) in [5.41, 5.74) is 1.19. The molecule has 0 bridgehead atoms. The Labute approximate surface area is 103 Å². The first-order chi connectivity index (χ1) is 8.38. The maximum atomic E-state index is 5.84. The second-order valence-corrected chi connectivity index (χ2v) is 4.44. The highest BCUT2D eigenvalue weighted by atomic mass is 16.5. The van der Waals surface area contributed by atoms with Crippen LogP contribution in [0.2, 0.25) is 0 Å². The predicted octanol–water partition coefficient (Wildman–Crippen LogP) is 3.53. The van der Waals surface area contributed by atoms with Crippen LogP contribution in [0, 0.1) is 5.92 Å².